The largest absolute Gasteiger partial charge is 0.744 e. The van der Waals surface area contributed by atoms with E-state index < -0.39 is 90.1 Å². The second-order valence-corrected chi connectivity index (χ2v) is 36.8. The minimum Gasteiger partial charge on any atom is -0.744 e. The molecule has 42 heteroatoms. The lowest BCUT2D eigenvalue weighted by molar-refractivity contribution is 0.330. The number of aromatic hydroxyl groups is 6. The topological polar surface area (TPSA) is 575 Å². The summed E-state index contributed by atoms with van der Waals surface area (Å²) in [6.45, 7) is 32.7. The molecular formula is C90H145O36S6-. The average Bonchev–Trinajstić information content (AvgIpc) is 0.764. The van der Waals surface area contributed by atoms with E-state index >= 15 is 0 Å². The van der Waals surface area contributed by atoms with E-state index in [9.17, 15) is 108 Å². The lowest BCUT2D eigenvalue weighted by Gasteiger charge is -2.25. The Balaban J connectivity index is -0.000000358. The first-order valence-corrected chi connectivity index (χ1v) is 48.5. The van der Waals surface area contributed by atoms with E-state index in [0.29, 0.717) is 91.2 Å². The van der Waals surface area contributed by atoms with Crippen molar-refractivity contribution >= 4 is 60.7 Å². The fourth-order valence-corrected chi connectivity index (χ4v) is 19.7. The van der Waals surface area contributed by atoms with Gasteiger partial charge in [-0.1, -0.05) is 131 Å². The number of hydrogen-bond acceptors (Lipinski definition) is 36. The fourth-order valence-electron chi connectivity index (χ4n) is 14.3. The molecule has 0 aliphatic rings. The highest BCUT2D eigenvalue weighted by Gasteiger charge is 2.37. The summed E-state index contributed by atoms with van der Waals surface area (Å²) in [5, 5.41) is 62.3. The van der Waals surface area contributed by atoms with Crippen LogP contribution in [0.25, 0.3) is 0 Å². The van der Waals surface area contributed by atoms with Gasteiger partial charge in [-0.2, -0.15) is 0 Å². The van der Waals surface area contributed by atoms with Gasteiger partial charge in [-0.3, -0.25) is 0 Å². The lowest BCUT2D eigenvalue weighted by atomic mass is 9.92. The van der Waals surface area contributed by atoms with Crippen LogP contribution in [0.2, 0.25) is 0 Å². The predicted octanol–water partition coefficient (Wildman–Crippen LogP) is 17.5. The van der Waals surface area contributed by atoms with Crippen molar-refractivity contribution in [2.24, 2.45) is 0 Å². The van der Waals surface area contributed by atoms with Gasteiger partial charge in [0.15, 0.2) is 69.0 Å². The van der Waals surface area contributed by atoms with Gasteiger partial charge in [0.05, 0.1) is 85.3 Å². The Labute approximate surface area is 787 Å². The normalized spacial score (nSPS) is 12.5. The van der Waals surface area contributed by atoms with Gasteiger partial charge in [0.25, 0.3) is 0 Å². The second kappa shape index (κ2) is 56.7. The third-order valence-electron chi connectivity index (χ3n) is 21.4. The number of benzene rings is 6. The third kappa shape index (κ3) is 29.8. The SMILES string of the molecule is C.CCC(C)c1c(O)c(C)c(S(=O)(=O)[O-])c(OC)c1OC.CCC(C)c1c(O)c(OC)c(S(=O)(=O)[O-])c(C)c1OC.CCCc1c(O)c(C(C)CC)c(OC)c(OC)c1S(=O)(=O)[O-].CCCc1c(OC)c(C(C)CC)c(O)c(OC)c1S(=O)(=O)[O-].CCc1c(O)c(C(C)CC)c(OC)c(OC)c1S(=O)(=O)[O-].CCc1c(OC)c(C(C)CC)c(O)c(OC)c1S(=O)(=O)[O-].[CH3+].[CH3+].[CH3+].[CH3+].[CH3+]. The van der Waals surface area contributed by atoms with E-state index in [-0.39, 0.29) is 236 Å². The average molecular weight is 2000 g/mol. The zero-order valence-electron chi connectivity index (χ0n) is 82.3. The van der Waals surface area contributed by atoms with Gasteiger partial charge in [-0.05, 0) is 114 Å². The van der Waals surface area contributed by atoms with Crippen LogP contribution in [0, 0.1) is 51.0 Å². The number of methoxy groups -OCH3 is 12. The molecule has 0 aromatic heterocycles. The number of phenolic OH excluding ortho intramolecular Hbond substituents is 6. The summed E-state index contributed by atoms with van der Waals surface area (Å²) in [5.41, 5.74) is 3.54. The molecule has 0 spiro atoms. The first-order valence-electron chi connectivity index (χ1n) is 40.0. The standard InChI is InChI=1S/2C15H24O6S.2C14H22O6S.2C13H20O6S.CH4.5CH3/c1-6-8-10-13(20-4)11(9(3)7-2)12(16)14(21-5)15(10)22(17,18)19;1-6-8-10-12(16)11(9(3)7-2)13(20-4)14(21-5)15(10)22(17,18)19;1-6-8(3)10-11(15)13(20-5)14(21(16,17)18)9(7-2)12(10)19-4;1-6-8(3)10-11(15)9(7-2)14(21(16,17)18)13(20-5)12(10)19-4;1-6-7(2)9-10(14)12(19-5)13(20(15,16)17)8(3)11(9)18-4;1-6-7(2)9-10(14)8(3)13(20(15,16)17)12(19-5)11(9)18-4;;;;;;/h2*9,16H,6-8H2,1-5H3,(H,17,18,19);2*8,15H,6-7H2,1-5H3,(H,16,17,18);2*7,14H,6H2,1-5H3,(H,15,16,17);1H4;5*1H3/q;;;;;;;5*+1/p-6. The van der Waals surface area contributed by atoms with Crippen LogP contribution in [-0.2, 0) is 86.4 Å². The molecule has 0 aliphatic heterocycles. The zero-order valence-corrected chi connectivity index (χ0v) is 87.2. The maximum atomic E-state index is 11.7. The Hall–Kier alpha value is -9.47. The maximum Gasteiger partial charge on any atom is 0.179 e. The molecule has 0 saturated carbocycles. The molecular weight excluding hydrogens is 1850 g/mol. The maximum absolute atomic E-state index is 11.7. The number of phenols is 6. The minimum atomic E-state index is -4.82. The minimum absolute atomic E-state index is 0. The van der Waals surface area contributed by atoms with Crippen LogP contribution < -0.4 is 56.8 Å². The Morgan fingerprint density at radius 1 is 0.235 bits per heavy atom. The summed E-state index contributed by atoms with van der Waals surface area (Å²) in [5.74, 6) is -2.58. The first kappa shape index (κ1) is 133. The highest BCUT2D eigenvalue weighted by molar-refractivity contribution is 7.87. The molecule has 6 N–H and O–H groups in total. The van der Waals surface area contributed by atoms with E-state index in [1.807, 2.05) is 96.9 Å². The van der Waals surface area contributed by atoms with Crippen molar-refractivity contribution in [3.8, 4) is 103 Å². The molecule has 0 fully saturated rings. The summed E-state index contributed by atoms with van der Waals surface area (Å²) in [4.78, 5) is -3.32. The molecule has 0 aliphatic carbocycles. The highest BCUT2D eigenvalue weighted by Crippen LogP contribution is 2.56. The lowest BCUT2D eigenvalue weighted by Crippen LogP contribution is -2.11. The van der Waals surface area contributed by atoms with E-state index in [4.69, 9.17) is 56.8 Å². The van der Waals surface area contributed by atoms with Crippen LogP contribution in [0.1, 0.15) is 272 Å². The van der Waals surface area contributed by atoms with Gasteiger partial charge in [-0.25, -0.2) is 50.5 Å². The summed E-state index contributed by atoms with van der Waals surface area (Å²) >= 11 is 0. The molecule has 0 bridgehead atoms. The molecule has 0 radical (unpaired) electrons. The molecule has 0 amide bonds. The first-order chi connectivity index (χ1) is 58.4. The molecule has 0 heterocycles. The number of ether oxygens (including phenoxy) is 12. The van der Waals surface area contributed by atoms with Crippen molar-refractivity contribution in [3.05, 3.63) is 104 Å². The Morgan fingerprint density at radius 2 is 0.417 bits per heavy atom. The molecule has 6 aromatic carbocycles. The Kier molecular flexibility index (Phi) is 57.2. The number of rotatable bonds is 36. The third-order valence-corrected chi connectivity index (χ3v) is 27.1. The summed E-state index contributed by atoms with van der Waals surface area (Å²) < 4.78 is 270. The van der Waals surface area contributed by atoms with Crippen molar-refractivity contribution in [3.63, 3.8) is 0 Å². The van der Waals surface area contributed by atoms with Crippen molar-refractivity contribution in [2.45, 2.75) is 274 Å². The smallest absolute Gasteiger partial charge is 0.179 e. The molecule has 0 saturated heterocycles. The van der Waals surface area contributed by atoms with Crippen LogP contribution in [-0.4, -0.2) is 194 Å². The zero-order chi connectivity index (χ0) is 98.2. The van der Waals surface area contributed by atoms with Crippen molar-refractivity contribution in [2.75, 3.05) is 85.3 Å². The number of hydrogen-bond donors (Lipinski definition) is 6. The summed E-state index contributed by atoms with van der Waals surface area (Å²) in [6.07, 6.45) is 6.48. The quantitative estimate of drug-likeness (QED) is 0.0157. The predicted molar refractivity (Wildman–Crippen MR) is 502 cm³/mol. The van der Waals surface area contributed by atoms with Crippen LogP contribution >= 0.6 is 0 Å². The van der Waals surface area contributed by atoms with Gasteiger partial charge < -0.3 is 115 Å². The summed E-state index contributed by atoms with van der Waals surface area (Å²) in [7, 11) is -13.2. The van der Waals surface area contributed by atoms with Gasteiger partial charge in [-0.15, -0.1) is 0 Å². The van der Waals surface area contributed by atoms with Gasteiger partial charge >= 0.3 is 0 Å². The fraction of sp³-hybridized carbons (Fsp3) is 0.544. The molecule has 6 rings (SSSR count). The van der Waals surface area contributed by atoms with Gasteiger partial charge in [0, 0.05) is 104 Å². The van der Waals surface area contributed by atoms with Crippen molar-refractivity contribution in [1.82, 2.24) is 0 Å². The van der Waals surface area contributed by atoms with Crippen LogP contribution in [0.3, 0.4) is 0 Å². The highest BCUT2D eigenvalue weighted by atomic mass is 32.2. The monoisotopic (exact) mass is 1990 g/mol. The second-order valence-electron chi connectivity index (χ2n) is 28.9. The van der Waals surface area contributed by atoms with E-state index in [0.717, 1.165) is 0 Å². The van der Waals surface area contributed by atoms with E-state index in [2.05, 4.69) is 0 Å². The van der Waals surface area contributed by atoms with Crippen LogP contribution in [0.5, 0.6) is 103 Å². The molecule has 6 aromatic rings. The molecule has 6 atom stereocenters. The molecule has 758 valence electrons. The van der Waals surface area contributed by atoms with Gasteiger partial charge in [0.1, 0.15) is 125 Å². The van der Waals surface area contributed by atoms with E-state index in [1.165, 1.54) is 99.2 Å². The van der Waals surface area contributed by atoms with Crippen LogP contribution in [0.15, 0.2) is 29.4 Å². The van der Waals surface area contributed by atoms with Gasteiger partial charge in [0.2, 0.25) is 0 Å². The van der Waals surface area contributed by atoms with Crippen molar-refractivity contribution in [1.29, 1.82) is 0 Å². The van der Waals surface area contributed by atoms with Crippen LogP contribution in [0.4, 0.5) is 0 Å². The molecule has 6 unspecified atom stereocenters. The Bertz CT molecular complexity index is 5270. The summed E-state index contributed by atoms with van der Waals surface area (Å²) in [6, 6.07) is 0. The van der Waals surface area contributed by atoms with Crippen molar-refractivity contribution < 1.29 is 165 Å². The molecule has 132 heavy (non-hydrogen) atoms. The van der Waals surface area contributed by atoms with E-state index in [1.54, 1.807) is 13.8 Å². The Morgan fingerprint density at radius 3 is 0.652 bits per heavy atom. The molecule has 36 nitrogen and oxygen atoms in total.